The van der Waals surface area contributed by atoms with Crippen molar-refractivity contribution in [1.29, 1.82) is 5.26 Å². The fourth-order valence-corrected chi connectivity index (χ4v) is 2.38. The lowest BCUT2D eigenvalue weighted by Gasteiger charge is -2.26. The third-order valence-electron chi connectivity index (χ3n) is 3.26. The van der Waals surface area contributed by atoms with E-state index < -0.39 is 5.60 Å². The van der Waals surface area contributed by atoms with Crippen LogP contribution in [0.15, 0.2) is 24.3 Å². The molecule has 21 heavy (non-hydrogen) atoms. The van der Waals surface area contributed by atoms with Gasteiger partial charge in [-0.05, 0) is 31.0 Å². The molecule has 0 spiro atoms. The zero-order valence-corrected chi connectivity index (χ0v) is 12.6. The summed E-state index contributed by atoms with van der Waals surface area (Å²) in [4.78, 5) is 11.9. The Morgan fingerprint density at radius 3 is 2.57 bits per heavy atom. The Bertz CT molecular complexity index is 502. The average molecular weight is 289 g/mol. The predicted molar refractivity (Wildman–Crippen MR) is 82.3 cm³/mol. The predicted octanol–water partition coefficient (Wildman–Crippen LogP) is 2.72. The van der Waals surface area contributed by atoms with Crippen LogP contribution in [0.4, 0.5) is 5.69 Å². The number of hydrogen-bond donors (Lipinski definition) is 3. The topological polar surface area (TPSA) is 85.2 Å². The van der Waals surface area contributed by atoms with E-state index in [0.717, 1.165) is 12.8 Å². The van der Waals surface area contributed by atoms with Gasteiger partial charge in [-0.25, -0.2) is 0 Å². The lowest BCUT2D eigenvalue weighted by molar-refractivity contribution is -0.126. The highest BCUT2D eigenvalue weighted by atomic mass is 16.3. The Morgan fingerprint density at radius 1 is 1.33 bits per heavy atom. The standard InChI is InChI=1S/C16H23N3O2/c1-3-8-16(21,9-4-2)11-15(20)19-18-14-7-5-6-13(10-14)12-17/h5-7,10,18,21H,3-4,8-9,11H2,1-2H3,(H,19,20). The lowest BCUT2D eigenvalue weighted by atomic mass is 9.89. The first-order valence-corrected chi connectivity index (χ1v) is 7.30. The summed E-state index contributed by atoms with van der Waals surface area (Å²) in [6.07, 6.45) is 2.96. The molecule has 0 fully saturated rings. The number of benzene rings is 1. The molecule has 0 atom stereocenters. The molecule has 0 unspecified atom stereocenters. The lowest BCUT2D eigenvalue weighted by Crippen LogP contribution is -2.38. The van der Waals surface area contributed by atoms with Crippen molar-refractivity contribution in [3.8, 4) is 6.07 Å². The maximum absolute atomic E-state index is 11.9. The Hall–Kier alpha value is -2.06. The Morgan fingerprint density at radius 2 is 2.00 bits per heavy atom. The maximum atomic E-state index is 11.9. The Labute approximate surface area is 125 Å². The fraction of sp³-hybridized carbons (Fsp3) is 0.500. The number of carbonyl (C=O) groups is 1. The fourth-order valence-electron chi connectivity index (χ4n) is 2.38. The molecule has 0 saturated carbocycles. The number of rotatable bonds is 8. The van der Waals surface area contributed by atoms with Gasteiger partial charge in [-0.2, -0.15) is 5.26 Å². The molecule has 0 aromatic heterocycles. The van der Waals surface area contributed by atoms with E-state index in [9.17, 15) is 9.90 Å². The largest absolute Gasteiger partial charge is 0.389 e. The van der Waals surface area contributed by atoms with Crippen LogP contribution in [0.2, 0.25) is 0 Å². The van der Waals surface area contributed by atoms with E-state index in [1.807, 2.05) is 19.9 Å². The molecule has 1 amide bonds. The number of nitrogens with one attached hydrogen (secondary N) is 2. The smallest absolute Gasteiger partial charge is 0.241 e. The first kappa shape index (κ1) is 17.0. The molecule has 0 aliphatic carbocycles. The molecule has 0 aliphatic heterocycles. The number of aliphatic hydroxyl groups is 1. The molecule has 0 bridgehead atoms. The number of nitrogens with zero attached hydrogens (tertiary/aromatic N) is 1. The number of nitriles is 1. The summed E-state index contributed by atoms with van der Waals surface area (Å²) in [6, 6.07) is 8.86. The zero-order chi connectivity index (χ0) is 15.7. The molecular weight excluding hydrogens is 266 g/mol. The van der Waals surface area contributed by atoms with Crippen molar-refractivity contribution in [3.63, 3.8) is 0 Å². The number of hydrogen-bond acceptors (Lipinski definition) is 4. The van der Waals surface area contributed by atoms with Crippen molar-refractivity contribution in [2.75, 3.05) is 5.43 Å². The van der Waals surface area contributed by atoms with Gasteiger partial charge in [-0.3, -0.25) is 15.6 Å². The van der Waals surface area contributed by atoms with Crippen molar-refractivity contribution >= 4 is 11.6 Å². The minimum atomic E-state index is -0.941. The van der Waals surface area contributed by atoms with Crippen LogP contribution < -0.4 is 10.9 Å². The number of anilines is 1. The van der Waals surface area contributed by atoms with Gasteiger partial charge in [0, 0.05) is 0 Å². The van der Waals surface area contributed by atoms with Crippen LogP contribution in [0.5, 0.6) is 0 Å². The van der Waals surface area contributed by atoms with Gasteiger partial charge in [0.2, 0.25) is 5.91 Å². The maximum Gasteiger partial charge on any atom is 0.241 e. The second kappa shape index (κ2) is 8.28. The van der Waals surface area contributed by atoms with Crippen LogP contribution in [0, 0.1) is 11.3 Å². The van der Waals surface area contributed by atoms with E-state index in [2.05, 4.69) is 10.9 Å². The molecule has 0 aliphatic rings. The molecule has 5 nitrogen and oxygen atoms in total. The first-order chi connectivity index (χ1) is 10.0. The van der Waals surface area contributed by atoms with E-state index in [1.54, 1.807) is 24.3 Å². The van der Waals surface area contributed by atoms with Crippen molar-refractivity contribution in [3.05, 3.63) is 29.8 Å². The van der Waals surface area contributed by atoms with Gasteiger partial charge in [0.05, 0.1) is 29.3 Å². The molecule has 5 heteroatoms. The van der Waals surface area contributed by atoms with Crippen LogP contribution in [0.25, 0.3) is 0 Å². The Balaban J connectivity index is 2.54. The van der Waals surface area contributed by atoms with Crippen molar-refractivity contribution in [2.24, 2.45) is 0 Å². The molecule has 1 aromatic carbocycles. The van der Waals surface area contributed by atoms with Crippen LogP contribution in [0.1, 0.15) is 51.5 Å². The van der Waals surface area contributed by atoms with Crippen molar-refractivity contribution in [2.45, 2.75) is 51.6 Å². The highest BCUT2D eigenvalue weighted by Crippen LogP contribution is 2.23. The van der Waals surface area contributed by atoms with Crippen LogP contribution in [-0.4, -0.2) is 16.6 Å². The SMILES string of the molecule is CCCC(O)(CCC)CC(=O)NNc1cccc(C#N)c1. The van der Waals surface area contributed by atoms with E-state index >= 15 is 0 Å². The van der Waals surface area contributed by atoms with Gasteiger partial charge >= 0.3 is 0 Å². The summed E-state index contributed by atoms with van der Waals surface area (Å²) in [5, 5.41) is 19.2. The van der Waals surface area contributed by atoms with E-state index in [0.29, 0.717) is 24.1 Å². The van der Waals surface area contributed by atoms with Gasteiger partial charge in [0.15, 0.2) is 0 Å². The zero-order valence-electron chi connectivity index (χ0n) is 12.6. The summed E-state index contributed by atoms with van der Waals surface area (Å²) in [6.45, 7) is 3.98. The van der Waals surface area contributed by atoms with Crippen molar-refractivity contribution in [1.82, 2.24) is 5.43 Å². The Kier molecular flexibility index (Phi) is 6.70. The van der Waals surface area contributed by atoms with Crippen LogP contribution >= 0.6 is 0 Å². The molecule has 3 N–H and O–H groups in total. The summed E-state index contributed by atoms with van der Waals surface area (Å²) in [7, 11) is 0. The molecule has 1 rings (SSSR count). The second-order valence-corrected chi connectivity index (χ2v) is 5.27. The molecule has 0 radical (unpaired) electrons. The number of carbonyl (C=O) groups excluding carboxylic acids is 1. The molecular formula is C16H23N3O2. The summed E-state index contributed by atoms with van der Waals surface area (Å²) in [5.41, 5.74) is 5.54. The quantitative estimate of drug-likeness (QED) is 0.642. The summed E-state index contributed by atoms with van der Waals surface area (Å²) >= 11 is 0. The van der Waals surface area contributed by atoms with Gasteiger partial charge in [0.1, 0.15) is 0 Å². The summed E-state index contributed by atoms with van der Waals surface area (Å²) < 4.78 is 0. The van der Waals surface area contributed by atoms with Gasteiger partial charge < -0.3 is 5.11 Å². The average Bonchev–Trinajstić information content (AvgIpc) is 2.45. The minimum absolute atomic E-state index is 0.0691. The van der Waals surface area contributed by atoms with E-state index in [1.165, 1.54) is 0 Å². The normalized spacial score (nSPS) is 10.8. The second-order valence-electron chi connectivity index (χ2n) is 5.27. The molecule has 0 heterocycles. The van der Waals surface area contributed by atoms with Crippen molar-refractivity contribution < 1.29 is 9.90 Å². The first-order valence-electron chi connectivity index (χ1n) is 7.30. The third kappa shape index (κ3) is 5.84. The van der Waals surface area contributed by atoms with Gasteiger partial charge in [0.25, 0.3) is 0 Å². The number of hydrazine groups is 1. The van der Waals surface area contributed by atoms with E-state index in [-0.39, 0.29) is 12.3 Å². The monoisotopic (exact) mass is 289 g/mol. The molecule has 114 valence electrons. The molecule has 0 saturated heterocycles. The van der Waals surface area contributed by atoms with E-state index in [4.69, 9.17) is 5.26 Å². The highest BCUT2D eigenvalue weighted by Gasteiger charge is 2.28. The van der Waals surface area contributed by atoms with Gasteiger partial charge in [-0.15, -0.1) is 0 Å². The summed E-state index contributed by atoms with van der Waals surface area (Å²) in [5.74, 6) is -0.262. The molecule has 1 aromatic rings. The highest BCUT2D eigenvalue weighted by molar-refractivity contribution is 5.78. The van der Waals surface area contributed by atoms with Crippen LogP contribution in [0.3, 0.4) is 0 Å². The van der Waals surface area contributed by atoms with Gasteiger partial charge in [-0.1, -0.05) is 32.8 Å². The van der Waals surface area contributed by atoms with Crippen LogP contribution in [-0.2, 0) is 4.79 Å². The third-order valence-corrected chi connectivity index (χ3v) is 3.26. The minimum Gasteiger partial charge on any atom is -0.389 e. The number of amides is 1.